The van der Waals surface area contributed by atoms with Gasteiger partial charge in [-0.1, -0.05) is 30.3 Å². The number of amides is 1. The molecule has 3 rings (SSSR count). The fraction of sp³-hybridized carbons (Fsp3) is 0.533. The van der Waals surface area contributed by atoms with E-state index in [4.69, 9.17) is 9.52 Å². The third kappa shape index (κ3) is 3.59. The molecule has 0 aromatic heterocycles. The lowest BCUT2D eigenvalue weighted by Crippen LogP contribution is -2.63. The molecular formula is C15H21N3O3S. The van der Waals surface area contributed by atoms with Crippen LogP contribution in [-0.4, -0.2) is 63.8 Å². The van der Waals surface area contributed by atoms with E-state index in [1.807, 2.05) is 30.3 Å². The van der Waals surface area contributed by atoms with Gasteiger partial charge in [0.05, 0.1) is 0 Å². The van der Waals surface area contributed by atoms with Gasteiger partial charge in [-0.15, -0.1) is 0 Å². The molecule has 0 spiro atoms. The Morgan fingerprint density at radius 2 is 1.86 bits per heavy atom. The second-order valence-corrected chi connectivity index (χ2v) is 8.30. The molecule has 0 radical (unpaired) electrons. The normalized spacial score (nSPS) is 22.1. The highest BCUT2D eigenvalue weighted by molar-refractivity contribution is 7.92. The molecule has 0 saturated carbocycles. The van der Waals surface area contributed by atoms with Gasteiger partial charge in [-0.25, -0.2) is 9.00 Å². The van der Waals surface area contributed by atoms with Crippen LogP contribution in [0.3, 0.4) is 0 Å². The molecule has 7 heteroatoms. The summed E-state index contributed by atoms with van der Waals surface area (Å²) in [5, 5.41) is 0. The number of rotatable bonds is 3. The number of hydrogen-bond acceptors (Lipinski definition) is 5. The van der Waals surface area contributed by atoms with E-state index in [9.17, 15) is 9.00 Å². The van der Waals surface area contributed by atoms with Crippen LogP contribution in [0.15, 0.2) is 30.3 Å². The van der Waals surface area contributed by atoms with Crippen LogP contribution in [0.4, 0.5) is 4.79 Å². The minimum Gasteiger partial charge on any atom is -0.445 e. The largest absolute Gasteiger partial charge is 0.445 e. The van der Waals surface area contributed by atoms with Crippen LogP contribution in [0.2, 0.25) is 0 Å². The molecular weight excluding hydrogens is 302 g/mol. The van der Waals surface area contributed by atoms with Crippen LogP contribution < -0.4 is 0 Å². The number of ether oxygens (including phenoxy) is 1. The van der Waals surface area contributed by atoms with E-state index in [2.05, 4.69) is 4.90 Å². The van der Waals surface area contributed by atoms with Gasteiger partial charge in [0, 0.05) is 53.5 Å². The maximum atomic E-state index is 11.9. The standard InChI is InChI=1S/C15H21N3O3S/c16-22(20)8-6-17(7-9-22)14-10-18(11-14)15(19)21-12-13-4-2-1-3-5-13/h1-5,14,16H,6-12H2. The first-order valence-electron chi connectivity index (χ1n) is 7.47. The number of benzene rings is 1. The molecule has 1 amide bonds. The van der Waals surface area contributed by atoms with Crippen LogP contribution in [0.25, 0.3) is 0 Å². The van der Waals surface area contributed by atoms with Crippen molar-refractivity contribution in [2.45, 2.75) is 12.6 Å². The van der Waals surface area contributed by atoms with Gasteiger partial charge in [-0.2, -0.15) is 0 Å². The highest BCUT2D eigenvalue weighted by atomic mass is 32.2. The van der Waals surface area contributed by atoms with Gasteiger partial charge in [0.2, 0.25) is 0 Å². The number of nitrogens with one attached hydrogen (secondary N) is 1. The number of likely N-dealkylation sites (tertiary alicyclic amines) is 1. The Hall–Kier alpha value is -1.60. The van der Waals surface area contributed by atoms with E-state index in [1.165, 1.54) is 0 Å². The van der Waals surface area contributed by atoms with Crippen molar-refractivity contribution < 1.29 is 13.7 Å². The van der Waals surface area contributed by atoms with Gasteiger partial charge in [-0.3, -0.25) is 9.68 Å². The lowest BCUT2D eigenvalue weighted by molar-refractivity contribution is 0.0218. The molecule has 0 aliphatic carbocycles. The summed E-state index contributed by atoms with van der Waals surface area (Å²) in [5.74, 6) is 0.893. The smallest absolute Gasteiger partial charge is 0.410 e. The summed E-state index contributed by atoms with van der Waals surface area (Å²) in [6, 6.07) is 9.95. The van der Waals surface area contributed by atoms with Gasteiger partial charge in [0.1, 0.15) is 6.61 Å². The minimum absolute atomic E-state index is 0.276. The Morgan fingerprint density at radius 3 is 2.50 bits per heavy atom. The van der Waals surface area contributed by atoms with E-state index in [0.29, 0.717) is 50.3 Å². The highest BCUT2D eigenvalue weighted by Gasteiger charge is 2.37. The van der Waals surface area contributed by atoms with Gasteiger partial charge in [-0.05, 0) is 5.56 Å². The predicted molar refractivity (Wildman–Crippen MR) is 84.2 cm³/mol. The summed E-state index contributed by atoms with van der Waals surface area (Å²) in [6.07, 6.45) is -0.276. The zero-order valence-corrected chi connectivity index (χ0v) is 13.3. The molecule has 22 heavy (non-hydrogen) atoms. The number of carbonyl (C=O) groups excluding carboxylic acids is 1. The predicted octanol–water partition coefficient (Wildman–Crippen LogP) is 1.37. The molecule has 2 aliphatic rings. The van der Waals surface area contributed by atoms with Crippen LogP contribution in [0.5, 0.6) is 0 Å². The molecule has 0 atom stereocenters. The average molecular weight is 323 g/mol. The number of nitrogens with zero attached hydrogens (tertiary/aromatic N) is 2. The molecule has 1 N–H and O–H groups in total. The Labute approximate surface area is 131 Å². The second kappa shape index (κ2) is 6.26. The van der Waals surface area contributed by atoms with E-state index in [0.717, 1.165) is 5.56 Å². The van der Waals surface area contributed by atoms with Crippen molar-refractivity contribution >= 4 is 15.8 Å². The Morgan fingerprint density at radius 1 is 1.23 bits per heavy atom. The van der Waals surface area contributed by atoms with Crippen molar-refractivity contribution in [1.29, 1.82) is 4.78 Å². The molecule has 2 saturated heterocycles. The highest BCUT2D eigenvalue weighted by Crippen LogP contribution is 2.19. The van der Waals surface area contributed by atoms with E-state index >= 15 is 0 Å². The molecule has 1 aromatic carbocycles. The second-order valence-electron chi connectivity index (χ2n) is 5.86. The molecule has 2 aliphatic heterocycles. The summed E-state index contributed by atoms with van der Waals surface area (Å²) < 4.78 is 24.5. The molecule has 1 aromatic rings. The van der Waals surface area contributed by atoms with E-state index < -0.39 is 9.73 Å². The molecule has 0 bridgehead atoms. The number of carbonyl (C=O) groups is 1. The Kier molecular flexibility index (Phi) is 4.35. The summed E-state index contributed by atoms with van der Waals surface area (Å²) in [4.78, 5) is 15.9. The Balaban J connectivity index is 1.40. The monoisotopic (exact) mass is 323 g/mol. The SMILES string of the molecule is N=S1(=O)CCN(C2CN(C(=O)OCc3ccccc3)C2)CC1. The first kappa shape index (κ1) is 15.3. The van der Waals surface area contributed by atoms with E-state index in [-0.39, 0.29) is 6.09 Å². The van der Waals surface area contributed by atoms with Gasteiger partial charge in [0.25, 0.3) is 0 Å². The first-order chi connectivity index (χ1) is 10.5. The third-order valence-electron chi connectivity index (χ3n) is 4.26. The quantitative estimate of drug-likeness (QED) is 0.912. The van der Waals surface area contributed by atoms with Crippen molar-refractivity contribution in [3.8, 4) is 0 Å². The van der Waals surface area contributed by atoms with Crippen molar-refractivity contribution in [3.05, 3.63) is 35.9 Å². The van der Waals surface area contributed by atoms with Crippen molar-refractivity contribution in [2.24, 2.45) is 0 Å². The van der Waals surface area contributed by atoms with E-state index in [1.54, 1.807) is 4.90 Å². The summed E-state index contributed by atoms with van der Waals surface area (Å²) >= 11 is 0. The molecule has 0 unspecified atom stereocenters. The Bertz CT molecular complexity index is 613. The topological polar surface area (TPSA) is 73.7 Å². The van der Waals surface area contributed by atoms with Crippen LogP contribution >= 0.6 is 0 Å². The first-order valence-corrected chi connectivity index (χ1v) is 9.37. The maximum Gasteiger partial charge on any atom is 0.410 e. The van der Waals surface area contributed by atoms with Crippen LogP contribution in [-0.2, 0) is 21.1 Å². The average Bonchev–Trinajstić information content (AvgIpc) is 2.46. The maximum absolute atomic E-state index is 11.9. The van der Waals surface area contributed by atoms with Gasteiger partial charge >= 0.3 is 6.09 Å². The summed E-state index contributed by atoms with van der Waals surface area (Å²) in [5.41, 5.74) is 0.981. The lowest BCUT2D eigenvalue weighted by atomic mass is 10.1. The van der Waals surface area contributed by atoms with Crippen molar-refractivity contribution in [2.75, 3.05) is 37.7 Å². The van der Waals surface area contributed by atoms with Crippen LogP contribution in [0.1, 0.15) is 5.56 Å². The fourth-order valence-corrected chi connectivity index (χ4v) is 4.02. The fourth-order valence-electron chi connectivity index (χ4n) is 2.75. The van der Waals surface area contributed by atoms with Crippen molar-refractivity contribution in [3.63, 3.8) is 0 Å². The van der Waals surface area contributed by atoms with Gasteiger partial charge < -0.3 is 9.64 Å². The molecule has 2 heterocycles. The minimum atomic E-state index is -2.35. The third-order valence-corrected chi connectivity index (χ3v) is 5.94. The van der Waals surface area contributed by atoms with Crippen molar-refractivity contribution in [1.82, 2.24) is 9.80 Å². The van der Waals surface area contributed by atoms with Crippen LogP contribution in [0, 0.1) is 4.78 Å². The summed E-state index contributed by atoms with van der Waals surface area (Å²) in [7, 11) is -2.35. The number of hydrogen-bond donors (Lipinski definition) is 1. The molecule has 6 nitrogen and oxygen atoms in total. The summed E-state index contributed by atoms with van der Waals surface area (Å²) in [6.45, 7) is 3.00. The zero-order chi connectivity index (χ0) is 15.6. The molecule has 2 fully saturated rings. The zero-order valence-electron chi connectivity index (χ0n) is 12.4. The van der Waals surface area contributed by atoms with Gasteiger partial charge in [0.15, 0.2) is 0 Å². The molecule has 120 valence electrons. The lowest BCUT2D eigenvalue weighted by Gasteiger charge is -2.46.